The number of rotatable bonds is 9. The van der Waals surface area contributed by atoms with Crippen LogP contribution in [-0.2, 0) is 4.74 Å². The Morgan fingerprint density at radius 3 is 2.65 bits per heavy atom. The molecule has 0 aromatic heterocycles. The van der Waals surface area contributed by atoms with E-state index in [0.29, 0.717) is 42.0 Å². The average Bonchev–Trinajstić information content (AvgIpc) is 2.48. The van der Waals surface area contributed by atoms with Gasteiger partial charge in [0.2, 0.25) is 0 Å². The van der Waals surface area contributed by atoms with Crippen LogP contribution < -0.4 is 15.4 Å². The fourth-order valence-electron chi connectivity index (χ4n) is 2.03. The number of amides is 2. The largest absolute Gasteiger partial charge is 0.490 e. The quantitative estimate of drug-likeness (QED) is 0.602. The van der Waals surface area contributed by atoms with Gasteiger partial charge in [-0.1, -0.05) is 25.4 Å². The molecule has 2 amide bonds. The molecule has 0 spiro atoms. The van der Waals surface area contributed by atoms with Gasteiger partial charge < -0.3 is 25.2 Å². The second-order valence-corrected chi connectivity index (χ2v) is 6.00. The van der Waals surface area contributed by atoms with Gasteiger partial charge in [0, 0.05) is 12.8 Å². The maximum Gasteiger partial charge on any atom is 0.319 e. The lowest BCUT2D eigenvalue weighted by Crippen LogP contribution is -2.40. The van der Waals surface area contributed by atoms with Gasteiger partial charge in [0.1, 0.15) is 12.4 Å². The Bertz CT molecular complexity index is 497. The summed E-state index contributed by atoms with van der Waals surface area (Å²) in [6.45, 7) is 4.83. The van der Waals surface area contributed by atoms with Crippen LogP contribution in [0.5, 0.6) is 5.75 Å². The number of benzene rings is 1. The van der Waals surface area contributed by atoms with Crippen LogP contribution in [0.15, 0.2) is 18.2 Å². The summed E-state index contributed by atoms with van der Waals surface area (Å²) in [5, 5.41) is 15.1. The number of halogens is 1. The van der Waals surface area contributed by atoms with Gasteiger partial charge in [-0.25, -0.2) is 4.79 Å². The minimum absolute atomic E-state index is 0.0986. The first kappa shape index (κ1) is 19.5. The molecule has 1 rings (SSSR count). The predicted molar refractivity (Wildman–Crippen MR) is 91.3 cm³/mol. The third-order valence-corrected chi connectivity index (χ3v) is 3.34. The molecule has 0 heterocycles. The lowest BCUT2D eigenvalue weighted by atomic mass is 10.0. The number of methoxy groups -OCH3 is 1. The van der Waals surface area contributed by atoms with Gasteiger partial charge in [0.05, 0.1) is 24.3 Å². The van der Waals surface area contributed by atoms with Crippen LogP contribution in [0.3, 0.4) is 0 Å². The number of ether oxygens (including phenoxy) is 2. The highest BCUT2D eigenvalue weighted by atomic mass is 35.5. The molecule has 0 bridgehead atoms. The Balaban J connectivity index is 2.56. The first-order valence-corrected chi connectivity index (χ1v) is 7.93. The van der Waals surface area contributed by atoms with Crippen LogP contribution in [0.4, 0.5) is 10.5 Å². The Labute approximate surface area is 142 Å². The first-order chi connectivity index (χ1) is 11.0. The number of nitrogens with one attached hydrogen (secondary N) is 2. The monoisotopic (exact) mass is 344 g/mol. The Morgan fingerprint density at radius 2 is 2.09 bits per heavy atom. The second kappa shape index (κ2) is 10.3. The molecule has 7 heteroatoms. The minimum atomic E-state index is -0.381. The number of aliphatic hydroxyl groups excluding tert-OH is 1. The number of aliphatic hydroxyl groups is 1. The summed E-state index contributed by atoms with van der Waals surface area (Å²) in [7, 11) is 1.59. The molecular weight excluding hydrogens is 320 g/mol. The van der Waals surface area contributed by atoms with Crippen LogP contribution in [0.25, 0.3) is 0 Å². The van der Waals surface area contributed by atoms with Gasteiger partial charge in [-0.2, -0.15) is 0 Å². The fraction of sp³-hybridized carbons (Fsp3) is 0.562. The number of hydrogen-bond acceptors (Lipinski definition) is 4. The van der Waals surface area contributed by atoms with E-state index in [0.717, 1.165) is 0 Å². The number of urea groups is 1. The predicted octanol–water partition coefficient (Wildman–Crippen LogP) is 2.89. The number of carbonyl (C=O) groups is 1. The highest BCUT2D eigenvalue weighted by Gasteiger charge is 2.13. The van der Waals surface area contributed by atoms with E-state index >= 15 is 0 Å². The summed E-state index contributed by atoms with van der Waals surface area (Å²) in [5.41, 5.74) is 0.549. The highest BCUT2D eigenvalue weighted by Crippen LogP contribution is 2.27. The molecule has 1 unspecified atom stereocenters. The summed E-state index contributed by atoms with van der Waals surface area (Å²) in [4.78, 5) is 11.9. The lowest BCUT2D eigenvalue weighted by molar-refractivity contribution is 0.146. The van der Waals surface area contributed by atoms with Crippen LogP contribution >= 0.6 is 11.6 Å². The van der Waals surface area contributed by atoms with Crippen molar-refractivity contribution in [2.75, 3.05) is 32.2 Å². The summed E-state index contributed by atoms with van der Waals surface area (Å²) in [6.07, 6.45) is 0.705. The molecule has 6 nitrogen and oxygen atoms in total. The molecule has 0 aliphatic heterocycles. The van der Waals surface area contributed by atoms with E-state index in [-0.39, 0.29) is 18.7 Å². The van der Waals surface area contributed by atoms with E-state index in [4.69, 9.17) is 21.1 Å². The van der Waals surface area contributed by atoms with E-state index in [2.05, 4.69) is 10.6 Å². The van der Waals surface area contributed by atoms with Gasteiger partial charge in [0.25, 0.3) is 0 Å². The van der Waals surface area contributed by atoms with Gasteiger partial charge in [0.15, 0.2) is 0 Å². The molecule has 0 aliphatic carbocycles. The topological polar surface area (TPSA) is 79.8 Å². The highest BCUT2D eigenvalue weighted by molar-refractivity contribution is 6.32. The molecule has 0 saturated carbocycles. The summed E-state index contributed by atoms with van der Waals surface area (Å²) in [6, 6.07) is 4.34. The lowest BCUT2D eigenvalue weighted by Gasteiger charge is -2.18. The Hall–Kier alpha value is -1.50. The van der Waals surface area contributed by atoms with Gasteiger partial charge in [-0.05, 0) is 30.5 Å². The molecule has 0 aliphatic rings. The Morgan fingerprint density at radius 1 is 1.35 bits per heavy atom. The molecule has 0 saturated heterocycles. The van der Waals surface area contributed by atoms with E-state index < -0.39 is 0 Å². The van der Waals surface area contributed by atoms with Gasteiger partial charge in [-0.15, -0.1) is 0 Å². The zero-order valence-corrected chi connectivity index (χ0v) is 14.5. The molecule has 3 N–H and O–H groups in total. The van der Waals surface area contributed by atoms with Crippen LogP contribution in [-0.4, -0.2) is 44.1 Å². The van der Waals surface area contributed by atoms with Crippen molar-refractivity contribution >= 4 is 23.3 Å². The maximum absolute atomic E-state index is 11.9. The van der Waals surface area contributed by atoms with Crippen LogP contribution in [0.2, 0.25) is 5.02 Å². The van der Waals surface area contributed by atoms with Gasteiger partial charge >= 0.3 is 6.03 Å². The van der Waals surface area contributed by atoms with Crippen molar-refractivity contribution < 1.29 is 19.4 Å². The van der Waals surface area contributed by atoms with Crippen molar-refractivity contribution in [3.05, 3.63) is 23.2 Å². The normalized spacial score (nSPS) is 12.1. The van der Waals surface area contributed by atoms with Crippen LogP contribution in [0, 0.1) is 5.92 Å². The third-order valence-electron chi connectivity index (χ3n) is 3.05. The van der Waals surface area contributed by atoms with Crippen molar-refractivity contribution in [3.63, 3.8) is 0 Å². The molecule has 130 valence electrons. The van der Waals surface area contributed by atoms with Crippen molar-refractivity contribution in [1.29, 1.82) is 0 Å². The Kier molecular flexibility index (Phi) is 8.76. The molecular formula is C16H25ClN2O4. The SMILES string of the molecule is COCCOc1ccc(NC(=O)NC(CO)CC(C)C)cc1Cl. The number of carbonyl (C=O) groups excluding carboxylic acids is 1. The standard InChI is InChI=1S/C16H25ClN2O4/c1-11(2)8-13(10-20)19-16(21)18-12-4-5-15(14(17)9-12)23-7-6-22-3/h4-5,9,11,13,20H,6-8,10H2,1-3H3,(H2,18,19,21). The van der Waals surface area contributed by atoms with Crippen molar-refractivity contribution in [2.45, 2.75) is 26.3 Å². The molecule has 0 fully saturated rings. The number of anilines is 1. The summed E-state index contributed by atoms with van der Waals surface area (Å²) >= 11 is 6.12. The zero-order valence-electron chi connectivity index (χ0n) is 13.8. The third kappa shape index (κ3) is 7.54. The maximum atomic E-state index is 11.9. The van der Waals surface area contributed by atoms with Crippen molar-refractivity contribution in [2.24, 2.45) is 5.92 Å². The fourth-order valence-corrected chi connectivity index (χ4v) is 2.27. The van der Waals surface area contributed by atoms with Crippen molar-refractivity contribution in [1.82, 2.24) is 5.32 Å². The minimum Gasteiger partial charge on any atom is -0.490 e. The van der Waals surface area contributed by atoms with Gasteiger partial charge in [-0.3, -0.25) is 0 Å². The average molecular weight is 345 g/mol. The number of hydrogen-bond donors (Lipinski definition) is 3. The van der Waals surface area contributed by atoms with E-state index in [9.17, 15) is 9.90 Å². The zero-order chi connectivity index (χ0) is 17.2. The molecule has 1 atom stereocenters. The second-order valence-electron chi connectivity index (χ2n) is 5.59. The van der Waals surface area contributed by atoms with Crippen molar-refractivity contribution in [3.8, 4) is 5.75 Å². The molecule has 1 aromatic carbocycles. The smallest absolute Gasteiger partial charge is 0.319 e. The molecule has 23 heavy (non-hydrogen) atoms. The van der Waals surface area contributed by atoms with E-state index in [1.807, 2.05) is 13.8 Å². The molecule has 1 aromatic rings. The first-order valence-electron chi connectivity index (χ1n) is 7.56. The summed E-state index contributed by atoms with van der Waals surface area (Å²) < 4.78 is 10.3. The van der Waals surface area contributed by atoms with E-state index in [1.165, 1.54) is 0 Å². The molecule has 0 radical (unpaired) electrons. The van der Waals surface area contributed by atoms with E-state index in [1.54, 1.807) is 25.3 Å². The summed E-state index contributed by atoms with van der Waals surface area (Å²) in [5.74, 6) is 0.910. The van der Waals surface area contributed by atoms with Crippen LogP contribution in [0.1, 0.15) is 20.3 Å².